The van der Waals surface area contributed by atoms with Crippen LogP contribution in [0.15, 0.2) is 61.4 Å². The number of rotatable bonds is 7. The van der Waals surface area contributed by atoms with Crippen molar-refractivity contribution in [1.82, 2.24) is 9.88 Å². The van der Waals surface area contributed by atoms with Crippen molar-refractivity contribution in [3.63, 3.8) is 0 Å². The molecule has 1 aliphatic heterocycles. The minimum atomic E-state index is -1.37. The lowest BCUT2D eigenvalue weighted by Crippen LogP contribution is -2.41. The third-order valence-electron chi connectivity index (χ3n) is 5.81. The molecule has 0 saturated carbocycles. The number of anilines is 2. The molecule has 2 aromatic carbocycles. The fraction of sp³-hybridized carbons (Fsp3) is 0.192. The Labute approximate surface area is 204 Å². The fourth-order valence-electron chi connectivity index (χ4n) is 4.05. The van der Waals surface area contributed by atoms with Crippen molar-refractivity contribution < 1.29 is 27.1 Å². The van der Waals surface area contributed by atoms with Gasteiger partial charge in [-0.3, -0.25) is 9.78 Å². The zero-order valence-electron chi connectivity index (χ0n) is 19.0. The largest absolute Gasteiger partial charge is 0.454 e. The van der Waals surface area contributed by atoms with Crippen LogP contribution < -0.4 is 10.1 Å². The van der Waals surface area contributed by atoms with Crippen LogP contribution in [0.5, 0.6) is 11.5 Å². The van der Waals surface area contributed by atoms with E-state index in [4.69, 9.17) is 10.1 Å². The van der Waals surface area contributed by atoms with Gasteiger partial charge in [0.25, 0.3) is 0 Å². The van der Waals surface area contributed by atoms with E-state index in [1.807, 2.05) is 0 Å². The molecule has 1 amide bonds. The maximum absolute atomic E-state index is 14.8. The number of nitrogens with one attached hydrogen (secondary N) is 2. The van der Waals surface area contributed by atoms with Crippen LogP contribution in [-0.2, 0) is 4.79 Å². The van der Waals surface area contributed by atoms with Gasteiger partial charge >= 0.3 is 0 Å². The van der Waals surface area contributed by atoms with E-state index in [1.165, 1.54) is 36.5 Å². The van der Waals surface area contributed by atoms with Crippen LogP contribution in [0.2, 0.25) is 0 Å². The predicted molar refractivity (Wildman–Crippen MR) is 127 cm³/mol. The quantitative estimate of drug-likeness (QED) is 0.182. The van der Waals surface area contributed by atoms with Crippen LogP contribution in [0.25, 0.3) is 0 Å². The van der Waals surface area contributed by atoms with E-state index in [1.54, 1.807) is 4.90 Å². The molecule has 1 atom stereocenters. The van der Waals surface area contributed by atoms with Crippen LogP contribution in [0, 0.1) is 34.6 Å². The van der Waals surface area contributed by atoms with E-state index >= 15 is 0 Å². The van der Waals surface area contributed by atoms with E-state index in [9.17, 15) is 22.4 Å². The van der Waals surface area contributed by atoms with Gasteiger partial charge in [0.15, 0.2) is 17.4 Å². The predicted octanol–water partition coefficient (Wildman–Crippen LogP) is 5.97. The summed E-state index contributed by atoms with van der Waals surface area (Å²) in [6.45, 7) is 4.34. The molecule has 0 aliphatic carbocycles. The summed E-state index contributed by atoms with van der Waals surface area (Å²) in [4.78, 5) is 17.5. The number of piperidine rings is 1. The Hall–Kier alpha value is -4.21. The number of carbonyl (C=O) groups is 1. The minimum absolute atomic E-state index is 0.0422. The average Bonchev–Trinajstić information content (AvgIpc) is 2.87. The zero-order chi connectivity index (χ0) is 25.8. The van der Waals surface area contributed by atoms with Crippen molar-refractivity contribution in [3.8, 4) is 11.5 Å². The van der Waals surface area contributed by atoms with E-state index < -0.39 is 29.0 Å². The molecule has 36 heavy (non-hydrogen) atoms. The lowest BCUT2D eigenvalue weighted by molar-refractivity contribution is -0.127. The first-order valence-corrected chi connectivity index (χ1v) is 11.1. The van der Waals surface area contributed by atoms with Crippen LogP contribution in [-0.4, -0.2) is 34.6 Å². The molecule has 1 aliphatic rings. The molecule has 0 spiro atoms. The summed E-state index contributed by atoms with van der Waals surface area (Å²) in [6, 6.07) is 7.08. The number of aromatic nitrogens is 1. The summed E-state index contributed by atoms with van der Waals surface area (Å²) < 4.78 is 60.8. The highest BCUT2D eigenvalue weighted by Gasteiger charge is 2.29. The summed E-state index contributed by atoms with van der Waals surface area (Å²) in [5.74, 6) is -5.43. The van der Waals surface area contributed by atoms with Gasteiger partial charge in [-0.1, -0.05) is 6.58 Å². The number of pyridine rings is 1. The normalized spacial score (nSPS) is 15.3. The molecule has 1 fully saturated rings. The molecule has 0 radical (unpaired) electrons. The number of hydrogen-bond donors (Lipinski definition) is 2. The average molecular weight is 498 g/mol. The molecular formula is C26H22F4N4O2. The Morgan fingerprint density at radius 3 is 2.61 bits per heavy atom. The highest BCUT2D eigenvalue weighted by molar-refractivity contribution is 6.05. The first-order chi connectivity index (χ1) is 17.3. The van der Waals surface area contributed by atoms with Crippen LogP contribution >= 0.6 is 0 Å². The second kappa shape index (κ2) is 10.6. The maximum Gasteiger partial charge on any atom is 0.245 e. The summed E-state index contributed by atoms with van der Waals surface area (Å²) in [5.41, 5.74) is 0.809. The number of hydrogen-bond acceptors (Lipinski definition) is 5. The van der Waals surface area contributed by atoms with Crippen LogP contribution in [0.3, 0.4) is 0 Å². The third kappa shape index (κ3) is 5.37. The standard InChI is InChI=1S/C26H22F4N4O2/c1-2-23(35)34-9-3-4-15(14-34)26(31)24-20(29)12-32-13-21(24)33-17-5-7-18(8-6-17)36-22-11-16(27)10-19(28)25(22)30/h2,5-8,10-13,15,31,33H,1,3-4,9,14H2. The first kappa shape index (κ1) is 24.9. The molecule has 10 heteroatoms. The summed E-state index contributed by atoms with van der Waals surface area (Å²) in [6.07, 6.45) is 4.94. The van der Waals surface area contributed by atoms with E-state index in [2.05, 4.69) is 16.9 Å². The number of nitrogens with zero attached hydrogens (tertiary/aromatic N) is 2. The fourth-order valence-corrected chi connectivity index (χ4v) is 4.05. The van der Waals surface area contributed by atoms with Crippen molar-refractivity contribution in [3.05, 3.63) is 90.3 Å². The molecule has 1 aromatic heterocycles. The summed E-state index contributed by atoms with van der Waals surface area (Å²) in [7, 11) is 0. The van der Waals surface area contributed by atoms with Crippen molar-refractivity contribution >= 4 is 23.0 Å². The maximum atomic E-state index is 14.8. The molecule has 2 heterocycles. The van der Waals surface area contributed by atoms with Gasteiger partial charge < -0.3 is 20.4 Å². The molecule has 0 bridgehead atoms. The highest BCUT2D eigenvalue weighted by atomic mass is 19.2. The Kier molecular flexibility index (Phi) is 7.33. The van der Waals surface area contributed by atoms with Crippen molar-refractivity contribution in [2.24, 2.45) is 5.92 Å². The minimum Gasteiger partial charge on any atom is -0.454 e. The van der Waals surface area contributed by atoms with Gasteiger partial charge in [0, 0.05) is 42.5 Å². The number of halogens is 4. The number of ether oxygens (including phenoxy) is 1. The summed E-state index contributed by atoms with van der Waals surface area (Å²) in [5, 5.41) is 11.7. The molecule has 4 rings (SSSR count). The lowest BCUT2D eigenvalue weighted by atomic mass is 9.88. The van der Waals surface area contributed by atoms with E-state index in [-0.39, 0.29) is 41.1 Å². The molecule has 1 saturated heterocycles. The highest BCUT2D eigenvalue weighted by Crippen LogP contribution is 2.31. The molecule has 3 aromatic rings. The van der Waals surface area contributed by atoms with E-state index in [0.29, 0.717) is 31.1 Å². The molecule has 2 N–H and O–H groups in total. The SMILES string of the molecule is C=CC(=O)N1CCCC(C(=N)c2c(F)cncc2Nc2ccc(Oc3cc(F)cc(F)c3F)cc2)C1. The Bertz CT molecular complexity index is 1310. The van der Waals surface area contributed by atoms with Gasteiger partial charge in [0.05, 0.1) is 23.6 Å². The van der Waals surface area contributed by atoms with Gasteiger partial charge in [0.2, 0.25) is 11.7 Å². The van der Waals surface area contributed by atoms with Gasteiger partial charge in [-0.15, -0.1) is 0 Å². The third-order valence-corrected chi connectivity index (χ3v) is 5.81. The summed E-state index contributed by atoms with van der Waals surface area (Å²) >= 11 is 0. The number of carbonyl (C=O) groups excluding carboxylic acids is 1. The molecule has 186 valence electrons. The second-order valence-corrected chi connectivity index (χ2v) is 8.24. The zero-order valence-corrected chi connectivity index (χ0v) is 19.0. The van der Waals surface area contributed by atoms with Crippen LogP contribution in [0.4, 0.5) is 28.9 Å². The monoisotopic (exact) mass is 498 g/mol. The topological polar surface area (TPSA) is 78.3 Å². The first-order valence-electron chi connectivity index (χ1n) is 11.1. The van der Waals surface area contributed by atoms with E-state index in [0.717, 1.165) is 12.3 Å². The number of benzene rings is 2. The van der Waals surface area contributed by atoms with Crippen LogP contribution in [0.1, 0.15) is 18.4 Å². The van der Waals surface area contributed by atoms with Gasteiger partial charge in [-0.25, -0.2) is 13.2 Å². The Morgan fingerprint density at radius 2 is 1.89 bits per heavy atom. The lowest BCUT2D eigenvalue weighted by Gasteiger charge is -2.33. The van der Waals surface area contributed by atoms with Gasteiger partial charge in [0.1, 0.15) is 11.6 Å². The van der Waals surface area contributed by atoms with Crippen molar-refractivity contribution in [1.29, 1.82) is 5.41 Å². The van der Waals surface area contributed by atoms with Crippen molar-refractivity contribution in [2.45, 2.75) is 12.8 Å². The molecule has 1 unspecified atom stereocenters. The Morgan fingerprint density at radius 1 is 1.14 bits per heavy atom. The van der Waals surface area contributed by atoms with Gasteiger partial charge in [-0.2, -0.15) is 4.39 Å². The molecule has 6 nitrogen and oxygen atoms in total. The van der Waals surface area contributed by atoms with Gasteiger partial charge in [-0.05, 0) is 43.2 Å². The van der Waals surface area contributed by atoms with Crippen molar-refractivity contribution in [2.75, 3.05) is 18.4 Å². The second-order valence-electron chi connectivity index (χ2n) is 8.24. The molecular weight excluding hydrogens is 476 g/mol. The smallest absolute Gasteiger partial charge is 0.245 e. The number of likely N-dealkylation sites (tertiary alicyclic amines) is 1. The number of amides is 1. The Balaban J connectivity index is 1.52.